The summed E-state index contributed by atoms with van der Waals surface area (Å²) in [6.45, 7) is 6.99. The number of carboxylic acids is 1. The van der Waals surface area contributed by atoms with E-state index in [9.17, 15) is 4.79 Å². The summed E-state index contributed by atoms with van der Waals surface area (Å²) in [6.07, 6.45) is 0. The van der Waals surface area contributed by atoms with E-state index in [0.717, 1.165) is 10.7 Å². The van der Waals surface area contributed by atoms with E-state index in [1.54, 1.807) is 23.3 Å². The first-order valence-corrected chi connectivity index (χ1v) is 6.02. The fourth-order valence-electron chi connectivity index (χ4n) is 1.29. The van der Waals surface area contributed by atoms with E-state index < -0.39 is 5.97 Å². The molecular weight excluding hydrogens is 224 g/mol. The Bertz CT molecular complexity index is 368. The van der Waals surface area contributed by atoms with Crippen molar-refractivity contribution in [3.63, 3.8) is 0 Å². The number of thiazole rings is 1. The van der Waals surface area contributed by atoms with Crippen LogP contribution >= 0.6 is 11.3 Å². The number of likely N-dealkylation sites (N-methyl/N-ethyl adjacent to an activating group) is 1. The molecule has 4 nitrogen and oxygen atoms in total. The van der Waals surface area contributed by atoms with Crippen molar-refractivity contribution < 1.29 is 9.90 Å². The number of nitrogens with zero attached hydrogens (tertiary/aromatic N) is 2. The van der Waals surface area contributed by atoms with E-state index >= 15 is 0 Å². The number of hydrogen-bond donors (Lipinski definition) is 1. The molecule has 0 aliphatic rings. The van der Waals surface area contributed by atoms with Crippen molar-refractivity contribution in [1.82, 2.24) is 9.88 Å². The van der Waals surface area contributed by atoms with Crippen LogP contribution in [0.3, 0.4) is 0 Å². The van der Waals surface area contributed by atoms with Crippen molar-refractivity contribution in [2.45, 2.75) is 32.7 Å². The lowest BCUT2D eigenvalue weighted by molar-refractivity contribution is -0.138. The van der Waals surface area contributed by atoms with Crippen LogP contribution in [0, 0.1) is 0 Å². The molecule has 1 aromatic heterocycles. The van der Waals surface area contributed by atoms with Gasteiger partial charge >= 0.3 is 5.97 Å². The Morgan fingerprint density at radius 3 is 2.62 bits per heavy atom. The molecule has 0 aromatic carbocycles. The molecule has 16 heavy (non-hydrogen) atoms. The van der Waals surface area contributed by atoms with Gasteiger partial charge in [0, 0.05) is 17.3 Å². The zero-order valence-electron chi connectivity index (χ0n) is 10.1. The molecule has 1 heterocycles. The van der Waals surface area contributed by atoms with Crippen molar-refractivity contribution in [2.24, 2.45) is 0 Å². The molecule has 0 aliphatic heterocycles. The zero-order chi connectivity index (χ0) is 12.3. The molecule has 0 radical (unpaired) electrons. The second-order valence-electron chi connectivity index (χ2n) is 4.96. The highest BCUT2D eigenvalue weighted by atomic mass is 32.1. The number of carboxylic acid groups (broad SMARTS) is 1. The molecule has 0 unspecified atom stereocenters. The summed E-state index contributed by atoms with van der Waals surface area (Å²) in [5.74, 6) is -0.811. The average molecular weight is 242 g/mol. The highest BCUT2D eigenvalue weighted by Gasteiger charge is 2.18. The molecule has 1 aromatic rings. The van der Waals surface area contributed by atoms with Gasteiger partial charge in [-0.25, -0.2) is 4.98 Å². The third-order valence-corrected chi connectivity index (χ3v) is 3.35. The SMILES string of the molecule is CN(CC(=O)O)Cc1csc(C(C)(C)C)n1. The highest BCUT2D eigenvalue weighted by molar-refractivity contribution is 7.09. The molecule has 0 saturated heterocycles. The topological polar surface area (TPSA) is 53.4 Å². The van der Waals surface area contributed by atoms with Crippen LogP contribution in [0.4, 0.5) is 0 Å². The average Bonchev–Trinajstić information content (AvgIpc) is 2.49. The molecule has 0 spiro atoms. The summed E-state index contributed by atoms with van der Waals surface area (Å²) in [5.41, 5.74) is 1.01. The number of rotatable bonds is 4. The normalized spacial score (nSPS) is 12.1. The molecular formula is C11H18N2O2S. The summed E-state index contributed by atoms with van der Waals surface area (Å²) in [4.78, 5) is 16.8. The van der Waals surface area contributed by atoms with Crippen molar-refractivity contribution >= 4 is 17.3 Å². The summed E-state index contributed by atoms with van der Waals surface area (Å²) in [5, 5.41) is 11.7. The van der Waals surface area contributed by atoms with Gasteiger partial charge in [-0.05, 0) is 7.05 Å². The molecule has 0 fully saturated rings. The summed E-state index contributed by atoms with van der Waals surface area (Å²) in [6, 6.07) is 0. The molecule has 90 valence electrons. The van der Waals surface area contributed by atoms with Gasteiger partial charge in [-0.2, -0.15) is 0 Å². The van der Waals surface area contributed by atoms with Crippen LogP contribution in [-0.4, -0.2) is 34.6 Å². The van der Waals surface area contributed by atoms with Gasteiger partial charge in [0.05, 0.1) is 17.2 Å². The van der Waals surface area contributed by atoms with Crippen LogP contribution in [0.1, 0.15) is 31.5 Å². The van der Waals surface area contributed by atoms with E-state index in [1.807, 2.05) is 5.38 Å². The van der Waals surface area contributed by atoms with E-state index in [0.29, 0.717) is 6.54 Å². The molecule has 0 saturated carbocycles. The fraction of sp³-hybridized carbons (Fsp3) is 0.636. The van der Waals surface area contributed by atoms with Crippen LogP contribution in [0.2, 0.25) is 0 Å². The van der Waals surface area contributed by atoms with Crippen LogP contribution in [0.15, 0.2) is 5.38 Å². The fourth-order valence-corrected chi connectivity index (χ4v) is 2.19. The Morgan fingerprint density at radius 1 is 1.56 bits per heavy atom. The summed E-state index contributed by atoms with van der Waals surface area (Å²) < 4.78 is 0. The Hall–Kier alpha value is -0.940. The van der Waals surface area contributed by atoms with Gasteiger partial charge in [0.25, 0.3) is 0 Å². The van der Waals surface area contributed by atoms with Crippen LogP contribution in [0.5, 0.6) is 0 Å². The third kappa shape index (κ3) is 3.90. The van der Waals surface area contributed by atoms with Crippen molar-refractivity contribution in [2.75, 3.05) is 13.6 Å². The first-order valence-electron chi connectivity index (χ1n) is 5.14. The Kier molecular flexibility index (Phi) is 4.04. The molecule has 0 amide bonds. The monoisotopic (exact) mass is 242 g/mol. The van der Waals surface area contributed by atoms with Crippen molar-refractivity contribution in [1.29, 1.82) is 0 Å². The molecule has 0 aliphatic carbocycles. The lowest BCUT2D eigenvalue weighted by atomic mass is 9.98. The van der Waals surface area contributed by atoms with Crippen LogP contribution in [-0.2, 0) is 16.8 Å². The number of carbonyl (C=O) groups is 1. The second-order valence-corrected chi connectivity index (χ2v) is 5.82. The lowest BCUT2D eigenvalue weighted by Gasteiger charge is -2.14. The molecule has 1 N–H and O–H groups in total. The van der Waals surface area contributed by atoms with Gasteiger partial charge in [0.1, 0.15) is 0 Å². The lowest BCUT2D eigenvalue weighted by Crippen LogP contribution is -2.25. The van der Waals surface area contributed by atoms with Gasteiger partial charge in [0.2, 0.25) is 0 Å². The van der Waals surface area contributed by atoms with Gasteiger partial charge in [-0.1, -0.05) is 20.8 Å². The second kappa shape index (κ2) is 4.93. The Balaban J connectivity index is 2.62. The maximum Gasteiger partial charge on any atom is 0.317 e. The maximum atomic E-state index is 10.5. The molecule has 5 heteroatoms. The Morgan fingerprint density at radius 2 is 2.19 bits per heavy atom. The highest BCUT2D eigenvalue weighted by Crippen LogP contribution is 2.25. The zero-order valence-corrected chi connectivity index (χ0v) is 11.0. The van der Waals surface area contributed by atoms with Gasteiger partial charge in [-0.15, -0.1) is 11.3 Å². The van der Waals surface area contributed by atoms with Gasteiger partial charge in [0.15, 0.2) is 0 Å². The summed E-state index contributed by atoms with van der Waals surface area (Å²) >= 11 is 1.63. The largest absolute Gasteiger partial charge is 0.480 e. The predicted molar refractivity (Wildman–Crippen MR) is 64.8 cm³/mol. The van der Waals surface area contributed by atoms with Gasteiger partial charge in [-0.3, -0.25) is 9.69 Å². The summed E-state index contributed by atoms with van der Waals surface area (Å²) in [7, 11) is 1.78. The van der Waals surface area contributed by atoms with Crippen molar-refractivity contribution in [3.05, 3.63) is 16.1 Å². The number of hydrogen-bond acceptors (Lipinski definition) is 4. The van der Waals surface area contributed by atoms with Crippen LogP contribution < -0.4 is 0 Å². The van der Waals surface area contributed by atoms with E-state index in [4.69, 9.17) is 5.11 Å². The van der Waals surface area contributed by atoms with E-state index in [1.165, 1.54) is 0 Å². The quantitative estimate of drug-likeness (QED) is 0.877. The van der Waals surface area contributed by atoms with Crippen LogP contribution in [0.25, 0.3) is 0 Å². The predicted octanol–water partition coefficient (Wildman–Crippen LogP) is 1.96. The first-order chi connectivity index (χ1) is 7.29. The van der Waals surface area contributed by atoms with E-state index in [2.05, 4.69) is 25.8 Å². The molecule has 1 rings (SSSR count). The third-order valence-electron chi connectivity index (χ3n) is 2.03. The smallest absolute Gasteiger partial charge is 0.317 e. The molecule has 0 atom stereocenters. The minimum atomic E-state index is -0.811. The maximum absolute atomic E-state index is 10.5. The standard InChI is InChI=1S/C11H18N2O2S/c1-11(2,3)10-12-8(7-16-10)5-13(4)6-9(14)15/h7H,5-6H2,1-4H3,(H,14,15). The van der Waals surface area contributed by atoms with E-state index in [-0.39, 0.29) is 12.0 Å². The molecule has 0 bridgehead atoms. The number of aromatic nitrogens is 1. The minimum absolute atomic E-state index is 0.0440. The minimum Gasteiger partial charge on any atom is -0.480 e. The number of aliphatic carboxylic acids is 1. The van der Waals surface area contributed by atoms with Crippen molar-refractivity contribution in [3.8, 4) is 0 Å². The Labute approximate surface area is 99.9 Å². The first kappa shape index (κ1) is 13.1. The van der Waals surface area contributed by atoms with Gasteiger partial charge < -0.3 is 5.11 Å².